The number of ether oxygens (including phenoxy) is 2. The lowest BCUT2D eigenvalue weighted by Gasteiger charge is -2.38. The first-order chi connectivity index (χ1) is 29.8. The molecular weight excluding hydrogens is 807 g/mol. The number of fused-ring (bicyclic) bond motifs is 2. The Hall–Kier alpha value is -5.38. The monoisotopic (exact) mass is 874 g/mol. The number of aryl methyl sites for hydroxylation is 2. The van der Waals surface area contributed by atoms with Crippen LogP contribution in [0.4, 0.5) is 15.3 Å². The highest BCUT2D eigenvalue weighted by Crippen LogP contribution is 2.27. The van der Waals surface area contributed by atoms with Crippen LogP contribution in [-0.2, 0) is 43.7 Å². The molecule has 4 saturated heterocycles. The van der Waals surface area contributed by atoms with Gasteiger partial charge in [0, 0.05) is 70.9 Å². The molecule has 63 heavy (non-hydrogen) atoms. The fourth-order valence-electron chi connectivity index (χ4n) is 9.38. The number of nitrogens with one attached hydrogen (secondary N) is 1. The Morgan fingerprint density at radius 1 is 0.857 bits per heavy atom. The van der Waals surface area contributed by atoms with E-state index in [1.165, 1.54) is 4.57 Å². The first-order valence-corrected chi connectivity index (χ1v) is 22.5. The van der Waals surface area contributed by atoms with E-state index < -0.39 is 18.0 Å². The molecule has 0 spiro atoms. The average Bonchev–Trinajstić information content (AvgIpc) is 3.75. The second-order valence-corrected chi connectivity index (χ2v) is 17.7. The molecule has 4 fully saturated rings. The van der Waals surface area contributed by atoms with E-state index in [1.807, 2.05) is 42.2 Å². The third kappa shape index (κ3) is 11.6. The molecule has 6 heterocycles. The summed E-state index contributed by atoms with van der Waals surface area (Å²) in [5.41, 5.74) is 4.72. The molecule has 1 aromatic heterocycles. The lowest BCUT2D eigenvalue weighted by molar-refractivity contribution is -0.151. The van der Waals surface area contributed by atoms with Gasteiger partial charge in [0.2, 0.25) is 5.91 Å². The molecule has 344 valence electrons. The number of urea groups is 1. The van der Waals surface area contributed by atoms with Crippen molar-refractivity contribution in [1.29, 1.82) is 0 Å². The number of piperidine rings is 3. The molecule has 0 aliphatic carbocycles. The lowest BCUT2D eigenvalue weighted by atomic mass is 9.97. The number of hydrogen-bond donors (Lipinski definition) is 1. The number of aromatic nitrogens is 1. The normalized spacial score (nSPS) is 19.7. The van der Waals surface area contributed by atoms with Crippen molar-refractivity contribution >= 4 is 46.7 Å². The van der Waals surface area contributed by atoms with Crippen LogP contribution in [0, 0.1) is 18.8 Å². The van der Waals surface area contributed by atoms with Gasteiger partial charge in [0.1, 0.15) is 6.61 Å². The number of anilines is 1. The van der Waals surface area contributed by atoms with Crippen LogP contribution in [-0.4, -0.2) is 144 Å². The number of esters is 1. The number of carbonyl (C=O) groups excluding carboxylic acids is 5. The SMILES string of the molecule is C.CN1CCC(C(=O)OCCN2CCCC2=O)CC1.Cc1cc(C[C@@H](OC(=O)N2CCC(N3CCc4ccccc4NC3=O)CC2)C(=O)N2CCC(C)CC2)cc2oc(=O)n(C)c12. The molecule has 5 aliphatic rings. The molecule has 3 aromatic rings. The second kappa shape index (κ2) is 21.3. The summed E-state index contributed by atoms with van der Waals surface area (Å²) in [7, 11) is 3.73. The topological polar surface area (TPSA) is 167 Å². The molecule has 5 aliphatic heterocycles. The van der Waals surface area contributed by atoms with E-state index >= 15 is 0 Å². The third-order valence-electron chi connectivity index (χ3n) is 13.3. The summed E-state index contributed by atoms with van der Waals surface area (Å²) in [6.45, 7) is 10.5. The number of amides is 5. The summed E-state index contributed by atoms with van der Waals surface area (Å²) >= 11 is 0. The highest BCUT2D eigenvalue weighted by atomic mass is 16.6. The standard InChI is InChI=1S/C33H41N5O6.C13H22N2O3.CH4/c1-21-8-13-36(14-9-21)30(39)28(20-23-18-22(2)29-27(19-23)43-32(41)35(29)3)44-33(42)37-15-11-25(12-16-37)38-17-10-24-6-4-5-7-26(24)34-31(38)40;1-14-7-4-11(5-8-14)13(17)18-10-9-15-6-2-3-12(15)16;/h4-7,18-19,21,25,28H,8-17,20H2,1-3H3,(H,34,40);11H,2-10H2,1H3;1H4/t28-;;/m1../s1. The quantitative estimate of drug-likeness (QED) is 0.274. The maximum atomic E-state index is 13.8. The zero-order chi connectivity index (χ0) is 43.9. The summed E-state index contributed by atoms with van der Waals surface area (Å²) in [4.78, 5) is 84.9. The minimum absolute atomic E-state index is 0. The van der Waals surface area contributed by atoms with Gasteiger partial charge in [-0.2, -0.15) is 0 Å². The molecule has 0 unspecified atom stereocenters. The van der Waals surface area contributed by atoms with Crippen molar-refractivity contribution in [3.05, 3.63) is 63.6 Å². The Balaban J connectivity index is 0.000000292. The number of rotatable bonds is 9. The molecule has 1 atom stereocenters. The van der Waals surface area contributed by atoms with E-state index in [2.05, 4.69) is 24.2 Å². The van der Waals surface area contributed by atoms with Crippen LogP contribution in [0.3, 0.4) is 0 Å². The van der Waals surface area contributed by atoms with Crippen molar-refractivity contribution in [2.75, 3.05) is 77.9 Å². The predicted octanol–water partition coefficient (Wildman–Crippen LogP) is 5.43. The Labute approximate surface area is 370 Å². The summed E-state index contributed by atoms with van der Waals surface area (Å²) in [5, 5.41) is 3.03. The molecule has 0 bridgehead atoms. The summed E-state index contributed by atoms with van der Waals surface area (Å²) in [5.74, 6) is 0.0453. The molecule has 16 nitrogen and oxygen atoms in total. The maximum Gasteiger partial charge on any atom is 0.419 e. The summed E-state index contributed by atoms with van der Waals surface area (Å²) in [6.07, 6.45) is 5.85. The largest absolute Gasteiger partial charge is 0.464 e. The Morgan fingerprint density at radius 3 is 2.25 bits per heavy atom. The zero-order valence-corrected chi connectivity index (χ0v) is 36.8. The Bertz CT molecular complexity index is 2150. The molecule has 0 radical (unpaired) electrons. The maximum absolute atomic E-state index is 13.8. The van der Waals surface area contributed by atoms with Gasteiger partial charge in [0.15, 0.2) is 11.7 Å². The summed E-state index contributed by atoms with van der Waals surface area (Å²) < 4.78 is 18.1. The smallest absolute Gasteiger partial charge is 0.419 e. The molecule has 2 aromatic carbocycles. The molecule has 8 rings (SSSR count). The Kier molecular flexibility index (Phi) is 15.9. The van der Waals surface area contributed by atoms with E-state index in [0.29, 0.717) is 82.2 Å². The first kappa shape index (κ1) is 47.1. The van der Waals surface area contributed by atoms with Gasteiger partial charge in [-0.25, -0.2) is 14.4 Å². The predicted molar refractivity (Wildman–Crippen MR) is 239 cm³/mol. The first-order valence-electron chi connectivity index (χ1n) is 22.5. The highest BCUT2D eigenvalue weighted by molar-refractivity contribution is 5.91. The van der Waals surface area contributed by atoms with Crippen molar-refractivity contribution < 1.29 is 37.9 Å². The van der Waals surface area contributed by atoms with Gasteiger partial charge in [-0.1, -0.05) is 38.6 Å². The van der Waals surface area contributed by atoms with Gasteiger partial charge in [-0.15, -0.1) is 0 Å². The van der Waals surface area contributed by atoms with Crippen LogP contribution in [0.1, 0.15) is 82.4 Å². The van der Waals surface area contributed by atoms with Crippen molar-refractivity contribution in [3.63, 3.8) is 0 Å². The second-order valence-electron chi connectivity index (χ2n) is 17.7. The van der Waals surface area contributed by atoms with Gasteiger partial charge >= 0.3 is 23.8 Å². The van der Waals surface area contributed by atoms with Gasteiger partial charge in [0.05, 0.1) is 18.0 Å². The van der Waals surface area contributed by atoms with E-state index in [-0.39, 0.29) is 49.6 Å². The number of benzene rings is 2. The fourth-order valence-corrected chi connectivity index (χ4v) is 9.38. The molecule has 5 amide bonds. The van der Waals surface area contributed by atoms with E-state index in [4.69, 9.17) is 13.9 Å². The van der Waals surface area contributed by atoms with Crippen LogP contribution < -0.4 is 11.1 Å². The van der Waals surface area contributed by atoms with Gasteiger partial charge in [-0.05, 0) is 113 Å². The van der Waals surface area contributed by atoms with E-state index in [1.54, 1.807) is 27.8 Å². The number of para-hydroxylation sites is 1. The molecule has 0 saturated carbocycles. The lowest BCUT2D eigenvalue weighted by Crippen LogP contribution is -2.51. The average molecular weight is 874 g/mol. The van der Waals surface area contributed by atoms with Crippen molar-refractivity contribution in [2.24, 2.45) is 18.9 Å². The van der Waals surface area contributed by atoms with Crippen molar-refractivity contribution in [1.82, 2.24) is 29.1 Å². The van der Waals surface area contributed by atoms with Gasteiger partial charge < -0.3 is 43.7 Å². The zero-order valence-electron chi connectivity index (χ0n) is 36.8. The number of carbonyl (C=O) groups is 5. The number of hydrogen-bond acceptors (Lipinski definition) is 10. The van der Waals surface area contributed by atoms with Gasteiger partial charge in [-0.3, -0.25) is 19.0 Å². The number of oxazole rings is 1. The Morgan fingerprint density at radius 2 is 1.56 bits per heavy atom. The number of nitrogens with zero attached hydrogens (tertiary/aromatic N) is 6. The summed E-state index contributed by atoms with van der Waals surface area (Å²) in [6, 6.07) is 11.4. The van der Waals surface area contributed by atoms with Crippen LogP contribution in [0.2, 0.25) is 0 Å². The van der Waals surface area contributed by atoms with Crippen LogP contribution >= 0.6 is 0 Å². The number of likely N-dealkylation sites (tertiary alicyclic amines) is 4. The minimum atomic E-state index is -1.00. The van der Waals surface area contributed by atoms with Crippen molar-refractivity contribution in [3.8, 4) is 0 Å². The van der Waals surface area contributed by atoms with Crippen LogP contribution in [0.5, 0.6) is 0 Å². The third-order valence-corrected chi connectivity index (χ3v) is 13.3. The minimum Gasteiger partial charge on any atom is -0.464 e. The van der Waals surface area contributed by atoms with E-state index in [0.717, 1.165) is 80.5 Å². The molecule has 16 heteroatoms. The van der Waals surface area contributed by atoms with Crippen molar-refractivity contribution in [2.45, 2.75) is 97.6 Å². The van der Waals surface area contributed by atoms with Crippen LogP contribution in [0.25, 0.3) is 11.1 Å². The van der Waals surface area contributed by atoms with E-state index in [9.17, 15) is 28.8 Å². The molecular formula is C47H67N7O9. The van der Waals surface area contributed by atoms with Crippen LogP contribution in [0.15, 0.2) is 45.6 Å². The molecule has 1 N–H and O–H groups in total. The highest BCUT2D eigenvalue weighted by Gasteiger charge is 2.36. The van der Waals surface area contributed by atoms with Gasteiger partial charge in [0.25, 0.3) is 5.91 Å². The fraction of sp³-hybridized carbons (Fsp3) is 0.617.